The minimum Gasteiger partial charge on any atom is -0.357 e. The Morgan fingerprint density at radius 1 is 1.48 bits per heavy atom. The molecule has 2 rings (SSSR count). The lowest BCUT2D eigenvalue weighted by Gasteiger charge is -2.18. The molecule has 2 heterocycles. The van der Waals surface area contributed by atoms with Crippen LogP contribution in [0.15, 0.2) is 23.3 Å². The zero-order chi connectivity index (χ0) is 16.7. The highest BCUT2D eigenvalue weighted by Crippen LogP contribution is 2.10. The molecule has 0 spiro atoms. The number of hydrogen-bond donors (Lipinski definition) is 2. The zero-order valence-electron chi connectivity index (χ0n) is 14.3. The fourth-order valence-electron chi connectivity index (χ4n) is 2.68. The number of carbonyl (C=O) groups is 1. The summed E-state index contributed by atoms with van der Waals surface area (Å²) in [4.78, 5) is 22.7. The second-order valence-electron chi connectivity index (χ2n) is 5.79. The van der Waals surface area contributed by atoms with Crippen LogP contribution in [0.1, 0.15) is 37.9 Å². The Hall–Kier alpha value is -2.11. The molecule has 1 aliphatic heterocycles. The van der Waals surface area contributed by atoms with Gasteiger partial charge in [0.1, 0.15) is 0 Å². The number of nitrogens with zero attached hydrogens (tertiary/aromatic N) is 3. The molecule has 6 heteroatoms. The van der Waals surface area contributed by atoms with Gasteiger partial charge in [0, 0.05) is 38.3 Å². The van der Waals surface area contributed by atoms with Crippen molar-refractivity contribution in [2.75, 3.05) is 19.6 Å². The molecule has 1 aromatic rings. The molecule has 0 saturated carbocycles. The van der Waals surface area contributed by atoms with Crippen molar-refractivity contribution in [1.29, 1.82) is 0 Å². The number of nitrogens with one attached hydrogen (secondary N) is 2. The maximum atomic E-state index is 11.8. The molecule has 126 valence electrons. The van der Waals surface area contributed by atoms with Gasteiger partial charge in [0.05, 0.1) is 12.2 Å². The lowest BCUT2D eigenvalue weighted by molar-refractivity contribution is -0.129. The Balaban J connectivity index is 1.95. The molecular formula is C17H27N5O. The average molecular weight is 317 g/mol. The molecular weight excluding hydrogens is 290 g/mol. The second kappa shape index (κ2) is 8.50. The molecule has 0 aliphatic carbocycles. The Morgan fingerprint density at radius 3 is 3.00 bits per heavy atom. The van der Waals surface area contributed by atoms with Gasteiger partial charge in [-0.15, -0.1) is 0 Å². The first-order valence-corrected chi connectivity index (χ1v) is 8.37. The number of pyridine rings is 1. The second-order valence-corrected chi connectivity index (χ2v) is 5.79. The quantitative estimate of drug-likeness (QED) is 0.637. The van der Waals surface area contributed by atoms with Crippen LogP contribution in [0.2, 0.25) is 0 Å². The van der Waals surface area contributed by atoms with Crippen molar-refractivity contribution in [3.63, 3.8) is 0 Å². The normalized spacial score (nSPS) is 18.1. The third kappa shape index (κ3) is 4.94. The number of likely N-dealkylation sites (tertiary alicyclic amines) is 1. The summed E-state index contributed by atoms with van der Waals surface area (Å²) in [6.07, 6.45) is 3.32. The van der Waals surface area contributed by atoms with Gasteiger partial charge >= 0.3 is 0 Å². The molecule has 0 radical (unpaired) electrons. The van der Waals surface area contributed by atoms with Crippen LogP contribution < -0.4 is 10.6 Å². The minimum atomic E-state index is 0.223. The fourth-order valence-corrected chi connectivity index (χ4v) is 2.68. The number of rotatable bonds is 5. The van der Waals surface area contributed by atoms with Crippen LogP contribution in [0.5, 0.6) is 0 Å². The predicted octanol–water partition coefficient (Wildman–Crippen LogP) is 1.46. The van der Waals surface area contributed by atoms with Crippen molar-refractivity contribution in [3.05, 3.63) is 29.6 Å². The third-order valence-electron chi connectivity index (χ3n) is 4.03. The maximum absolute atomic E-state index is 11.8. The van der Waals surface area contributed by atoms with Gasteiger partial charge in [0.2, 0.25) is 5.91 Å². The SMILES string of the molecule is CCNC(=NCc1ncccc1C)NC1CCN(C(=O)CC)C1. The number of amides is 1. The molecule has 23 heavy (non-hydrogen) atoms. The van der Waals surface area contributed by atoms with E-state index in [4.69, 9.17) is 0 Å². The predicted molar refractivity (Wildman–Crippen MR) is 92.2 cm³/mol. The topological polar surface area (TPSA) is 69.6 Å². The van der Waals surface area contributed by atoms with Crippen LogP contribution in [0.25, 0.3) is 0 Å². The van der Waals surface area contributed by atoms with E-state index in [0.29, 0.717) is 13.0 Å². The molecule has 1 fully saturated rings. The Labute approximate surface area is 138 Å². The van der Waals surface area contributed by atoms with Gasteiger partial charge in [-0.1, -0.05) is 13.0 Å². The average Bonchev–Trinajstić information content (AvgIpc) is 3.02. The third-order valence-corrected chi connectivity index (χ3v) is 4.03. The lowest BCUT2D eigenvalue weighted by atomic mass is 10.2. The highest BCUT2D eigenvalue weighted by molar-refractivity contribution is 5.80. The summed E-state index contributed by atoms with van der Waals surface area (Å²) < 4.78 is 0. The zero-order valence-corrected chi connectivity index (χ0v) is 14.3. The monoisotopic (exact) mass is 317 g/mol. The Kier molecular flexibility index (Phi) is 6.38. The van der Waals surface area contributed by atoms with Crippen LogP contribution >= 0.6 is 0 Å². The molecule has 1 atom stereocenters. The van der Waals surface area contributed by atoms with Crippen molar-refractivity contribution in [3.8, 4) is 0 Å². The van der Waals surface area contributed by atoms with E-state index < -0.39 is 0 Å². The standard InChI is InChI=1S/C17H27N5O/c1-4-16(23)22-10-8-14(12-22)21-17(18-5-2)20-11-15-13(3)7-6-9-19-15/h6-7,9,14H,4-5,8,10-12H2,1-3H3,(H2,18,20,21). The van der Waals surface area contributed by atoms with Gasteiger partial charge < -0.3 is 15.5 Å². The van der Waals surface area contributed by atoms with E-state index in [1.54, 1.807) is 6.20 Å². The van der Waals surface area contributed by atoms with Gasteiger partial charge in [-0.05, 0) is 31.9 Å². The van der Waals surface area contributed by atoms with E-state index in [-0.39, 0.29) is 11.9 Å². The summed E-state index contributed by atoms with van der Waals surface area (Å²) >= 11 is 0. The first kappa shape index (κ1) is 17.2. The number of aryl methyl sites for hydroxylation is 1. The van der Waals surface area contributed by atoms with Crippen molar-refractivity contribution in [2.45, 2.75) is 46.2 Å². The molecule has 0 bridgehead atoms. The highest BCUT2D eigenvalue weighted by atomic mass is 16.2. The van der Waals surface area contributed by atoms with Crippen LogP contribution in [0.3, 0.4) is 0 Å². The fraction of sp³-hybridized carbons (Fsp3) is 0.588. The number of aliphatic imine (C=N–C) groups is 1. The van der Waals surface area contributed by atoms with Crippen molar-refractivity contribution in [2.24, 2.45) is 4.99 Å². The summed E-state index contributed by atoms with van der Waals surface area (Å²) in [7, 11) is 0. The molecule has 0 aromatic carbocycles. The summed E-state index contributed by atoms with van der Waals surface area (Å²) in [6, 6.07) is 4.24. The summed E-state index contributed by atoms with van der Waals surface area (Å²) in [6.45, 7) is 8.92. The molecule has 1 saturated heterocycles. The van der Waals surface area contributed by atoms with Crippen molar-refractivity contribution in [1.82, 2.24) is 20.5 Å². The van der Waals surface area contributed by atoms with E-state index >= 15 is 0 Å². The van der Waals surface area contributed by atoms with Crippen molar-refractivity contribution < 1.29 is 4.79 Å². The summed E-state index contributed by atoms with van der Waals surface area (Å²) in [5.74, 6) is 1.01. The van der Waals surface area contributed by atoms with Crippen LogP contribution in [0, 0.1) is 6.92 Å². The van der Waals surface area contributed by atoms with E-state index in [2.05, 4.69) is 20.6 Å². The first-order chi connectivity index (χ1) is 11.1. The number of guanidine groups is 1. The van der Waals surface area contributed by atoms with Crippen LogP contribution in [-0.4, -0.2) is 47.4 Å². The largest absolute Gasteiger partial charge is 0.357 e. The van der Waals surface area contributed by atoms with E-state index in [0.717, 1.165) is 43.3 Å². The molecule has 1 amide bonds. The molecule has 2 N–H and O–H groups in total. The maximum Gasteiger partial charge on any atom is 0.222 e. The highest BCUT2D eigenvalue weighted by Gasteiger charge is 2.25. The number of carbonyl (C=O) groups excluding carboxylic acids is 1. The van der Waals surface area contributed by atoms with Crippen molar-refractivity contribution >= 4 is 11.9 Å². The van der Waals surface area contributed by atoms with Gasteiger partial charge in [-0.3, -0.25) is 9.78 Å². The summed E-state index contributed by atoms with van der Waals surface area (Å²) in [5, 5.41) is 6.70. The van der Waals surface area contributed by atoms with Gasteiger partial charge in [-0.25, -0.2) is 4.99 Å². The minimum absolute atomic E-state index is 0.223. The number of hydrogen-bond acceptors (Lipinski definition) is 3. The van der Waals surface area contributed by atoms with Gasteiger partial charge in [0.25, 0.3) is 0 Å². The van der Waals surface area contributed by atoms with Gasteiger partial charge in [0.15, 0.2) is 5.96 Å². The Bertz CT molecular complexity index is 558. The molecule has 6 nitrogen and oxygen atoms in total. The molecule has 1 aliphatic rings. The Morgan fingerprint density at radius 2 is 2.30 bits per heavy atom. The lowest BCUT2D eigenvalue weighted by Crippen LogP contribution is -2.45. The smallest absolute Gasteiger partial charge is 0.222 e. The summed E-state index contributed by atoms with van der Waals surface area (Å²) in [5.41, 5.74) is 2.13. The van der Waals surface area contributed by atoms with E-state index in [9.17, 15) is 4.79 Å². The van der Waals surface area contributed by atoms with Gasteiger partial charge in [-0.2, -0.15) is 0 Å². The van der Waals surface area contributed by atoms with Crippen LogP contribution in [0.4, 0.5) is 0 Å². The molecule has 1 unspecified atom stereocenters. The number of aromatic nitrogens is 1. The van der Waals surface area contributed by atoms with E-state index in [1.165, 1.54) is 0 Å². The van der Waals surface area contributed by atoms with Crippen LogP contribution in [-0.2, 0) is 11.3 Å². The van der Waals surface area contributed by atoms with E-state index in [1.807, 2.05) is 37.8 Å². The molecule has 1 aromatic heterocycles. The first-order valence-electron chi connectivity index (χ1n) is 8.37.